The maximum atomic E-state index is 6.16. The Bertz CT molecular complexity index is 994. The van der Waals surface area contributed by atoms with Crippen molar-refractivity contribution in [1.82, 2.24) is 4.90 Å². The molecule has 0 bridgehead atoms. The normalized spacial score (nSPS) is 17.0. The highest BCUT2D eigenvalue weighted by Gasteiger charge is 2.32. The Morgan fingerprint density at radius 3 is 2.33 bits per heavy atom. The molecule has 2 aliphatic heterocycles. The molecule has 0 aromatic heterocycles. The van der Waals surface area contributed by atoms with Gasteiger partial charge in [0.15, 0.2) is 0 Å². The molecular formula is C27H33Cl2N3O. The highest BCUT2D eigenvalue weighted by Crippen LogP contribution is 2.42. The van der Waals surface area contributed by atoms with Gasteiger partial charge in [0.1, 0.15) is 12.4 Å². The van der Waals surface area contributed by atoms with Crippen LogP contribution in [0.3, 0.4) is 0 Å². The van der Waals surface area contributed by atoms with Gasteiger partial charge in [-0.3, -0.25) is 0 Å². The molecule has 3 aromatic carbocycles. The van der Waals surface area contributed by atoms with Crippen LogP contribution in [0.15, 0.2) is 72.8 Å². The molecule has 2 heterocycles. The Morgan fingerprint density at radius 1 is 0.879 bits per heavy atom. The van der Waals surface area contributed by atoms with Crippen molar-refractivity contribution < 1.29 is 4.74 Å². The van der Waals surface area contributed by atoms with Crippen LogP contribution in [0.5, 0.6) is 5.75 Å². The number of hydrogen-bond acceptors (Lipinski definition) is 4. The molecule has 6 heteroatoms. The number of likely N-dealkylation sites (tertiary alicyclic amines) is 1. The van der Waals surface area contributed by atoms with Gasteiger partial charge in [0, 0.05) is 56.7 Å². The zero-order valence-electron chi connectivity index (χ0n) is 19.3. The van der Waals surface area contributed by atoms with E-state index in [9.17, 15) is 0 Å². The van der Waals surface area contributed by atoms with Crippen molar-refractivity contribution in [3.8, 4) is 5.75 Å². The molecule has 176 valence electrons. The average molecular weight is 486 g/mol. The second-order valence-electron chi connectivity index (χ2n) is 8.81. The lowest BCUT2D eigenvalue weighted by Crippen LogP contribution is -2.35. The molecular weight excluding hydrogens is 453 g/mol. The largest absolute Gasteiger partial charge is 0.487 e. The average Bonchev–Trinajstić information content (AvgIpc) is 3.20. The van der Waals surface area contributed by atoms with Crippen molar-refractivity contribution in [3.63, 3.8) is 0 Å². The van der Waals surface area contributed by atoms with E-state index in [0.717, 1.165) is 31.8 Å². The lowest BCUT2D eigenvalue weighted by molar-refractivity contribution is 0.310. The van der Waals surface area contributed by atoms with Crippen LogP contribution in [-0.2, 0) is 13.0 Å². The molecule has 0 aliphatic carbocycles. The minimum atomic E-state index is 0. The van der Waals surface area contributed by atoms with E-state index in [4.69, 9.17) is 4.74 Å². The second-order valence-corrected chi connectivity index (χ2v) is 8.81. The molecule has 33 heavy (non-hydrogen) atoms. The van der Waals surface area contributed by atoms with Gasteiger partial charge in [-0.05, 0) is 48.7 Å². The fourth-order valence-electron chi connectivity index (χ4n) is 4.80. The molecule has 1 atom stereocenters. The van der Waals surface area contributed by atoms with Gasteiger partial charge < -0.3 is 19.4 Å². The van der Waals surface area contributed by atoms with Gasteiger partial charge in [0.25, 0.3) is 0 Å². The minimum absolute atomic E-state index is 0. The fourth-order valence-corrected chi connectivity index (χ4v) is 4.80. The summed E-state index contributed by atoms with van der Waals surface area (Å²) in [6.07, 6.45) is 2.26. The number of rotatable bonds is 5. The quantitative estimate of drug-likeness (QED) is 0.444. The first-order valence-corrected chi connectivity index (χ1v) is 11.3. The number of para-hydroxylation sites is 3. The van der Waals surface area contributed by atoms with Crippen LogP contribution >= 0.6 is 24.8 Å². The van der Waals surface area contributed by atoms with Crippen molar-refractivity contribution in [3.05, 3.63) is 83.9 Å². The minimum Gasteiger partial charge on any atom is -0.487 e. The number of halogens is 2. The van der Waals surface area contributed by atoms with Gasteiger partial charge in [0.05, 0.1) is 5.69 Å². The first-order chi connectivity index (χ1) is 15.2. The van der Waals surface area contributed by atoms with E-state index < -0.39 is 0 Å². The van der Waals surface area contributed by atoms with Gasteiger partial charge in [-0.25, -0.2) is 0 Å². The van der Waals surface area contributed by atoms with Crippen molar-refractivity contribution in [2.24, 2.45) is 0 Å². The molecule has 0 radical (unpaired) electrons. The summed E-state index contributed by atoms with van der Waals surface area (Å²) in [5, 5.41) is 0. The summed E-state index contributed by atoms with van der Waals surface area (Å²) in [6.45, 7) is 3.95. The van der Waals surface area contributed by atoms with Crippen LogP contribution in [0, 0.1) is 0 Å². The van der Waals surface area contributed by atoms with Gasteiger partial charge in [-0.15, -0.1) is 24.8 Å². The van der Waals surface area contributed by atoms with Crippen molar-refractivity contribution in [2.75, 3.05) is 43.5 Å². The summed E-state index contributed by atoms with van der Waals surface area (Å²) in [5.41, 5.74) is 6.41. The molecule has 0 saturated carbocycles. The zero-order valence-corrected chi connectivity index (χ0v) is 20.9. The molecule has 4 nitrogen and oxygen atoms in total. The summed E-state index contributed by atoms with van der Waals surface area (Å²) in [4.78, 5) is 7.29. The standard InChI is InChI=1S/C27H31N3O.2ClH/c1-28(2)23-13-11-21(12-14-23)15-17-29-18-16-24(19-29)30-25-8-4-3-7-22(25)20-31-27-10-6-5-9-26(27)30;;/h3-14,24H,15-20H2,1-2H3;2*1H/t24-;;/m1../s1. The first-order valence-electron chi connectivity index (χ1n) is 11.3. The number of ether oxygens (including phenoxy) is 1. The van der Waals surface area contributed by atoms with Crippen LogP contribution in [0.4, 0.5) is 17.1 Å². The maximum absolute atomic E-state index is 6.16. The van der Waals surface area contributed by atoms with E-state index in [1.165, 1.54) is 34.6 Å². The summed E-state index contributed by atoms with van der Waals surface area (Å²) >= 11 is 0. The topological polar surface area (TPSA) is 19.0 Å². The molecule has 0 spiro atoms. The predicted molar refractivity (Wildman–Crippen MR) is 143 cm³/mol. The van der Waals surface area contributed by atoms with E-state index in [1.54, 1.807) is 0 Å². The van der Waals surface area contributed by atoms with Crippen LogP contribution < -0.4 is 14.5 Å². The van der Waals surface area contributed by atoms with Gasteiger partial charge in [0.2, 0.25) is 0 Å². The van der Waals surface area contributed by atoms with E-state index in [1.807, 2.05) is 0 Å². The smallest absolute Gasteiger partial charge is 0.143 e. The third-order valence-corrected chi connectivity index (χ3v) is 6.54. The van der Waals surface area contributed by atoms with Crippen molar-refractivity contribution in [1.29, 1.82) is 0 Å². The third-order valence-electron chi connectivity index (χ3n) is 6.54. The van der Waals surface area contributed by atoms with Gasteiger partial charge in [-0.1, -0.05) is 42.5 Å². The van der Waals surface area contributed by atoms with Crippen LogP contribution in [-0.4, -0.2) is 44.7 Å². The molecule has 1 saturated heterocycles. The van der Waals surface area contributed by atoms with Gasteiger partial charge >= 0.3 is 0 Å². The van der Waals surface area contributed by atoms with E-state index in [-0.39, 0.29) is 24.8 Å². The fraction of sp³-hybridized carbons (Fsp3) is 0.333. The molecule has 0 amide bonds. The summed E-state index contributed by atoms with van der Waals surface area (Å²) in [7, 11) is 4.17. The number of fused-ring (bicyclic) bond motifs is 2. The lowest BCUT2D eigenvalue weighted by Gasteiger charge is -2.32. The Hall–Kier alpha value is -2.40. The molecule has 0 N–H and O–H groups in total. The summed E-state index contributed by atoms with van der Waals surface area (Å²) in [6, 6.07) is 26.6. The second kappa shape index (κ2) is 11.1. The Balaban J connectivity index is 0.00000153. The molecule has 1 fully saturated rings. The molecule has 3 aromatic rings. The van der Waals surface area contributed by atoms with Crippen molar-refractivity contribution in [2.45, 2.75) is 25.5 Å². The summed E-state index contributed by atoms with van der Waals surface area (Å²) in [5.74, 6) is 0.984. The number of benzene rings is 3. The lowest BCUT2D eigenvalue weighted by atomic mass is 10.1. The first kappa shape index (κ1) is 25.2. The van der Waals surface area contributed by atoms with Gasteiger partial charge in [-0.2, -0.15) is 0 Å². The SMILES string of the molecule is CN(C)c1ccc(CCN2CC[C@@H](N3c4ccccc4COc4ccccc43)C2)cc1.Cl.Cl. The maximum Gasteiger partial charge on any atom is 0.143 e. The highest BCUT2D eigenvalue weighted by atomic mass is 35.5. The molecule has 2 aliphatic rings. The van der Waals surface area contributed by atoms with Crippen LogP contribution in [0.1, 0.15) is 17.5 Å². The van der Waals surface area contributed by atoms with Crippen LogP contribution in [0.2, 0.25) is 0 Å². The third kappa shape index (κ3) is 5.40. The molecule has 5 rings (SSSR count). The Labute approximate surface area is 210 Å². The van der Waals surface area contributed by atoms with Crippen LogP contribution in [0.25, 0.3) is 0 Å². The van der Waals surface area contributed by atoms with Crippen molar-refractivity contribution >= 4 is 41.9 Å². The van der Waals surface area contributed by atoms with E-state index in [2.05, 4.69) is 102 Å². The summed E-state index contributed by atoms with van der Waals surface area (Å²) < 4.78 is 6.16. The van der Waals surface area contributed by atoms with E-state index >= 15 is 0 Å². The number of nitrogens with zero attached hydrogens (tertiary/aromatic N) is 3. The Kier molecular flexibility index (Phi) is 8.52. The molecule has 0 unspecified atom stereocenters. The van der Waals surface area contributed by atoms with E-state index in [0.29, 0.717) is 12.6 Å². The number of anilines is 3. The number of hydrogen-bond donors (Lipinski definition) is 0. The highest BCUT2D eigenvalue weighted by molar-refractivity contribution is 5.85. The predicted octanol–water partition coefficient (Wildman–Crippen LogP) is 5.94. The monoisotopic (exact) mass is 485 g/mol. The Morgan fingerprint density at radius 2 is 1.58 bits per heavy atom. The zero-order chi connectivity index (χ0) is 21.2.